The summed E-state index contributed by atoms with van der Waals surface area (Å²) in [5.74, 6) is -4.31. The van der Waals surface area contributed by atoms with Crippen LogP contribution >= 0.6 is 15.9 Å². The van der Waals surface area contributed by atoms with Gasteiger partial charge >= 0.3 is 5.97 Å². The van der Waals surface area contributed by atoms with E-state index in [-0.39, 0.29) is 6.61 Å². The zero-order valence-corrected chi connectivity index (χ0v) is 15.9. The molecule has 0 unspecified atom stereocenters. The normalized spacial score (nSPS) is 44.3. The van der Waals surface area contributed by atoms with Crippen LogP contribution in [0, 0.1) is 0 Å². The van der Waals surface area contributed by atoms with E-state index in [1.54, 1.807) is 27.7 Å². The standard InChI is InChI=1S/C15H23BrO8/c1-13(2)20-6-7(21-13)8-9-11(24-14(3,4)22-9)15(18,23-8)10(16)12(17)19-5/h7-11,18H,6H2,1-5H3/t7-,8-,9+,10+,11+,15+/m1/s1. The van der Waals surface area contributed by atoms with Crippen molar-refractivity contribution >= 4 is 21.9 Å². The third-order valence-corrected chi connectivity index (χ3v) is 5.38. The van der Waals surface area contributed by atoms with Gasteiger partial charge in [-0.05, 0) is 27.7 Å². The number of halogens is 1. The molecule has 3 aliphatic rings. The van der Waals surface area contributed by atoms with Gasteiger partial charge in [0.05, 0.1) is 13.7 Å². The van der Waals surface area contributed by atoms with Crippen LogP contribution in [0.2, 0.25) is 0 Å². The van der Waals surface area contributed by atoms with Crippen molar-refractivity contribution in [1.82, 2.24) is 0 Å². The molecule has 8 nitrogen and oxygen atoms in total. The highest BCUT2D eigenvalue weighted by molar-refractivity contribution is 9.10. The number of alkyl halides is 1. The highest BCUT2D eigenvalue weighted by Crippen LogP contribution is 2.48. The molecule has 0 aromatic rings. The lowest BCUT2D eigenvalue weighted by molar-refractivity contribution is -0.283. The SMILES string of the molecule is COC(=O)[C@H](Br)[C@]1(O)O[C@H]([C@H]2COC(C)(C)O2)[C@@H]2OC(C)(C)O[C@@H]21. The largest absolute Gasteiger partial charge is 0.468 e. The van der Waals surface area contributed by atoms with Crippen LogP contribution in [-0.4, -0.2) is 71.4 Å². The highest BCUT2D eigenvalue weighted by atomic mass is 79.9. The van der Waals surface area contributed by atoms with Crippen molar-refractivity contribution in [1.29, 1.82) is 0 Å². The fourth-order valence-electron chi connectivity index (χ4n) is 3.34. The van der Waals surface area contributed by atoms with E-state index in [1.165, 1.54) is 7.11 Å². The molecule has 0 radical (unpaired) electrons. The molecule has 9 heteroatoms. The molecule has 0 saturated carbocycles. The van der Waals surface area contributed by atoms with Crippen molar-refractivity contribution in [2.45, 2.75) is 74.3 Å². The zero-order chi connectivity index (χ0) is 17.9. The Hall–Kier alpha value is -0.290. The molecule has 3 fully saturated rings. The fourth-order valence-corrected chi connectivity index (χ4v) is 3.90. The summed E-state index contributed by atoms with van der Waals surface area (Å²) in [5, 5.41) is 11.1. The summed E-state index contributed by atoms with van der Waals surface area (Å²) in [4.78, 5) is 10.8. The van der Waals surface area contributed by atoms with Crippen molar-refractivity contribution in [3.8, 4) is 0 Å². The first-order chi connectivity index (χ1) is 11.0. The predicted octanol–water partition coefficient (Wildman–Crippen LogP) is 0.682. The first-order valence-corrected chi connectivity index (χ1v) is 8.70. The summed E-state index contributed by atoms with van der Waals surface area (Å²) in [6.45, 7) is 7.35. The first-order valence-electron chi connectivity index (χ1n) is 7.78. The van der Waals surface area contributed by atoms with E-state index in [0.29, 0.717) is 0 Å². The predicted molar refractivity (Wildman–Crippen MR) is 83.3 cm³/mol. The van der Waals surface area contributed by atoms with Crippen LogP contribution in [0.3, 0.4) is 0 Å². The molecule has 0 aliphatic carbocycles. The minimum atomic E-state index is -1.95. The first kappa shape index (κ1) is 18.5. The number of esters is 1. The van der Waals surface area contributed by atoms with Gasteiger partial charge in [0.15, 0.2) is 16.4 Å². The molecule has 0 bridgehead atoms. The van der Waals surface area contributed by atoms with Crippen molar-refractivity contribution in [3.05, 3.63) is 0 Å². The van der Waals surface area contributed by atoms with E-state index in [0.717, 1.165) is 0 Å². The van der Waals surface area contributed by atoms with Crippen LogP contribution < -0.4 is 0 Å². The smallest absolute Gasteiger partial charge is 0.325 e. The molecule has 3 saturated heterocycles. The van der Waals surface area contributed by atoms with Gasteiger partial charge in [-0.15, -0.1) is 0 Å². The van der Waals surface area contributed by atoms with Crippen LogP contribution in [0.1, 0.15) is 27.7 Å². The van der Waals surface area contributed by atoms with Crippen LogP contribution in [0.4, 0.5) is 0 Å². The topological polar surface area (TPSA) is 92.7 Å². The van der Waals surface area contributed by atoms with Gasteiger partial charge in [0.1, 0.15) is 24.4 Å². The number of fused-ring (bicyclic) bond motifs is 1. The van der Waals surface area contributed by atoms with Crippen LogP contribution in [-0.2, 0) is 33.2 Å². The maximum Gasteiger partial charge on any atom is 0.325 e. The number of ether oxygens (including phenoxy) is 6. The molecule has 3 heterocycles. The number of carbonyl (C=O) groups is 1. The summed E-state index contributed by atoms with van der Waals surface area (Å²) >= 11 is 3.16. The van der Waals surface area contributed by atoms with Crippen molar-refractivity contribution < 1.29 is 38.3 Å². The molecule has 24 heavy (non-hydrogen) atoms. The molecular formula is C15H23BrO8. The molecule has 0 aromatic heterocycles. The molecule has 1 N–H and O–H groups in total. The average molecular weight is 411 g/mol. The maximum atomic E-state index is 11.9. The van der Waals surface area contributed by atoms with E-state index < -0.39 is 52.6 Å². The number of carbonyl (C=O) groups excluding carboxylic acids is 1. The Labute approximate surface area is 148 Å². The third kappa shape index (κ3) is 3.00. The average Bonchev–Trinajstić information content (AvgIpc) is 3.09. The van der Waals surface area contributed by atoms with Crippen molar-refractivity contribution in [2.75, 3.05) is 13.7 Å². The third-order valence-electron chi connectivity index (χ3n) is 4.35. The fraction of sp³-hybridized carbons (Fsp3) is 0.933. The summed E-state index contributed by atoms with van der Waals surface area (Å²) in [6.07, 6.45) is -2.62. The number of hydrogen-bond donors (Lipinski definition) is 1. The summed E-state index contributed by atoms with van der Waals surface area (Å²) in [7, 11) is 1.23. The summed E-state index contributed by atoms with van der Waals surface area (Å²) < 4.78 is 33.7. The molecule has 0 spiro atoms. The summed E-state index contributed by atoms with van der Waals surface area (Å²) in [5.41, 5.74) is 0. The Morgan fingerprint density at radius 1 is 1.12 bits per heavy atom. The molecule has 3 rings (SSSR count). The second kappa shape index (κ2) is 5.87. The van der Waals surface area contributed by atoms with Gasteiger partial charge < -0.3 is 33.5 Å². The maximum absolute atomic E-state index is 11.9. The van der Waals surface area contributed by atoms with E-state index in [1.807, 2.05) is 0 Å². The number of aliphatic hydroxyl groups is 1. The minimum absolute atomic E-state index is 0.284. The van der Waals surface area contributed by atoms with Gasteiger partial charge in [0, 0.05) is 0 Å². The number of methoxy groups -OCH3 is 1. The quantitative estimate of drug-likeness (QED) is 0.536. The zero-order valence-electron chi connectivity index (χ0n) is 14.3. The molecule has 0 amide bonds. The molecule has 6 atom stereocenters. The Balaban J connectivity index is 1.89. The van der Waals surface area contributed by atoms with Crippen molar-refractivity contribution in [3.63, 3.8) is 0 Å². The Morgan fingerprint density at radius 3 is 2.33 bits per heavy atom. The Morgan fingerprint density at radius 2 is 1.79 bits per heavy atom. The van der Waals surface area contributed by atoms with Gasteiger partial charge in [-0.3, -0.25) is 4.79 Å². The van der Waals surface area contributed by atoms with Crippen molar-refractivity contribution in [2.24, 2.45) is 0 Å². The van der Waals surface area contributed by atoms with Gasteiger partial charge in [0.2, 0.25) is 5.79 Å². The van der Waals surface area contributed by atoms with E-state index in [9.17, 15) is 9.90 Å². The van der Waals surface area contributed by atoms with E-state index in [4.69, 9.17) is 28.4 Å². The Kier molecular flexibility index (Phi) is 4.52. The minimum Gasteiger partial charge on any atom is -0.468 e. The van der Waals surface area contributed by atoms with Gasteiger partial charge in [-0.25, -0.2) is 0 Å². The van der Waals surface area contributed by atoms with Gasteiger partial charge in [-0.2, -0.15) is 0 Å². The molecule has 138 valence electrons. The monoisotopic (exact) mass is 410 g/mol. The second-order valence-electron chi connectivity index (χ2n) is 7.11. The van der Waals surface area contributed by atoms with Crippen LogP contribution in [0.25, 0.3) is 0 Å². The van der Waals surface area contributed by atoms with E-state index in [2.05, 4.69) is 15.9 Å². The van der Waals surface area contributed by atoms with Crippen LogP contribution in [0.5, 0.6) is 0 Å². The number of hydrogen-bond acceptors (Lipinski definition) is 8. The second-order valence-corrected chi connectivity index (χ2v) is 8.02. The number of rotatable bonds is 3. The molecular weight excluding hydrogens is 388 g/mol. The lowest BCUT2D eigenvalue weighted by atomic mass is 10.0. The van der Waals surface area contributed by atoms with Gasteiger partial charge in [0.25, 0.3) is 0 Å². The van der Waals surface area contributed by atoms with Gasteiger partial charge in [-0.1, -0.05) is 15.9 Å². The lowest BCUT2D eigenvalue weighted by Crippen LogP contribution is -2.53. The lowest BCUT2D eigenvalue weighted by Gasteiger charge is -2.33. The van der Waals surface area contributed by atoms with Crippen LogP contribution in [0.15, 0.2) is 0 Å². The van der Waals surface area contributed by atoms with E-state index >= 15 is 0 Å². The highest BCUT2D eigenvalue weighted by Gasteiger charge is 2.68. The Bertz CT molecular complexity index is 524. The molecule has 3 aliphatic heterocycles. The summed E-state index contributed by atoms with van der Waals surface area (Å²) in [6, 6.07) is 0. The molecule has 0 aromatic carbocycles.